The average molecular weight is 299 g/mol. The Morgan fingerprint density at radius 2 is 1.85 bits per heavy atom. The quantitative estimate of drug-likeness (QED) is 0.781. The maximum absolute atomic E-state index is 12.3. The van der Waals surface area contributed by atoms with Crippen LogP contribution in [0.1, 0.15) is 27.2 Å². The minimum absolute atomic E-state index is 0.137. The second-order valence-electron chi connectivity index (χ2n) is 4.55. The lowest BCUT2D eigenvalue weighted by Gasteiger charge is -2.22. The molecule has 0 aromatic heterocycles. The molecule has 0 fully saturated rings. The van der Waals surface area contributed by atoms with Crippen molar-refractivity contribution in [2.45, 2.75) is 38.1 Å². The predicted octanol–water partition coefficient (Wildman–Crippen LogP) is 1.94. The highest BCUT2D eigenvalue weighted by atomic mass is 32.2. The van der Waals surface area contributed by atoms with Gasteiger partial charge in [0.1, 0.15) is 6.04 Å². The molecule has 1 aromatic rings. The van der Waals surface area contributed by atoms with Crippen LogP contribution in [0.3, 0.4) is 0 Å². The Kier molecular flexibility index (Phi) is 6.16. The van der Waals surface area contributed by atoms with Gasteiger partial charge in [-0.3, -0.25) is 4.79 Å². The molecule has 0 aliphatic carbocycles. The molecule has 0 unspecified atom stereocenters. The van der Waals surface area contributed by atoms with Crippen molar-refractivity contribution in [3.8, 4) is 0 Å². The topological polar surface area (TPSA) is 72.5 Å². The molecule has 0 aliphatic rings. The van der Waals surface area contributed by atoms with Crippen molar-refractivity contribution in [1.82, 2.24) is 4.72 Å². The number of ether oxygens (including phenoxy) is 1. The monoisotopic (exact) mass is 299 g/mol. The van der Waals surface area contributed by atoms with Crippen LogP contribution < -0.4 is 4.72 Å². The molecule has 0 amide bonds. The van der Waals surface area contributed by atoms with E-state index in [1.807, 2.05) is 13.8 Å². The SMILES string of the molecule is CCOC(=O)[C@@H](NS(=O)(=O)c1ccccc1)[C@@H](C)CC. The van der Waals surface area contributed by atoms with E-state index in [2.05, 4.69) is 4.72 Å². The first-order valence-corrected chi connectivity index (χ1v) is 8.14. The van der Waals surface area contributed by atoms with Crippen LogP contribution in [0, 0.1) is 5.92 Å². The largest absolute Gasteiger partial charge is 0.465 e. The number of hydrogen-bond donors (Lipinski definition) is 1. The number of carbonyl (C=O) groups is 1. The summed E-state index contributed by atoms with van der Waals surface area (Å²) in [6.07, 6.45) is 0.667. The fourth-order valence-corrected chi connectivity index (χ4v) is 3.01. The highest BCUT2D eigenvalue weighted by Crippen LogP contribution is 2.14. The zero-order chi connectivity index (χ0) is 15.2. The van der Waals surface area contributed by atoms with Gasteiger partial charge in [0, 0.05) is 0 Å². The molecule has 0 heterocycles. The first-order valence-electron chi connectivity index (χ1n) is 6.66. The summed E-state index contributed by atoms with van der Waals surface area (Å²) in [6, 6.07) is 7.11. The van der Waals surface area contributed by atoms with E-state index in [9.17, 15) is 13.2 Å². The molecular weight excluding hydrogens is 278 g/mol. The van der Waals surface area contributed by atoms with Crippen LogP contribution in [-0.2, 0) is 19.6 Å². The molecular formula is C14H21NO4S. The van der Waals surface area contributed by atoms with E-state index in [1.54, 1.807) is 25.1 Å². The minimum atomic E-state index is -3.73. The number of hydrogen-bond acceptors (Lipinski definition) is 4. The molecule has 5 nitrogen and oxygen atoms in total. The maximum Gasteiger partial charge on any atom is 0.324 e. The van der Waals surface area contributed by atoms with Gasteiger partial charge in [-0.1, -0.05) is 38.5 Å². The second-order valence-corrected chi connectivity index (χ2v) is 6.26. The third kappa shape index (κ3) is 4.31. The lowest BCUT2D eigenvalue weighted by atomic mass is 10.0. The Morgan fingerprint density at radius 1 is 1.25 bits per heavy atom. The van der Waals surface area contributed by atoms with Crippen LogP contribution >= 0.6 is 0 Å². The lowest BCUT2D eigenvalue weighted by Crippen LogP contribution is -2.45. The Morgan fingerprint density at radius 3 is 2.35 bits per heavy atom. The summed E-state index contributed by atoms with van der Waals surface area (Å²) in [7, 11) is -3.73. The van der Waals surface area contributed by atoms with E-state index in [-0.39, 0.29) is 17.4 Å². The summed E-state index contributed by atoms with van der Waals surface area (Å²) >= 11 is 0. The molecule has 1 N–H and O–H groups in total. The second kappa shape index (κ2) is 7.40. The standard InChI is InChI=1S/C14H21NO4S/c1-4-11(3)13(14(16)19-5-2)15-20(17,18)12-9-7-6-8-10-12/h6-11,13,15H,4-5H2,1-3H3/t11-,13-/m0/s1. The van der Waals surface area contributed by atoms with Gasteiger partial charge in [-0.2, -0.15) is 4.72 Å². The molecule has 20 heavy (non-hydrogen) atoms. The lowest BCUT2D eigenvalue weighted by molar-refractivity contribution is -0.146. The van der Waals surface area contributed by atoms with Crippen LogP contribution in [0.2, 0.25) is 0 Å². The van der Waals surface area contributed by atoms with Gasteiger partial charge in [0.2, 0.25) is 10.0 Å². The number of sulfonamides is 1. The number of esters is 1. The number of nitrogens with one attached hydrogen (secondary N) is 1. The number of rotatable bonds is 7. The summed E-state index contributed by atoms with van der Waals surface area (Å²) in [5, 5.41) is 0. The maximum atomic E-state index is 12.3. The highest BCUT2D eigenvalue weighted by Gasteiger charge is 2.30. The molecule has 0 radical (unpaired) electrons. The summed E-state index contributed by atoms with van der Waals surface area (Å²) in [6.45, 7) is 5.62. The molecule has 0 bridgehead atoms. The Bertz CT molecular complexity index is 527. The Balaban J connectivity index is 2.97. The molecule has 112 valence electrons. The van der Waals surface area contributed by atoms with Crippen molar-refractivity contribution in [3.63, 3.8) is 0 Å². The summed E-state index contributed by atoms with van der Waals surface area (Å²) in [5.41, 5.74) is 0. The van der Waals surface area contributed by atoms with Crippen molar-refractivity contribution in [3.05, 3.63) is 30.3 Å². The Labute approximate surface area is 120 Å². The van der Waals surface area contributed by atoms with Gasteiger partial charge >= 0.3 is 5.97 Å². The fourth-order valence-electron chi connectivity index (χ4n) is 1.70. The third-order valence-corrected chi connectivity index (χ3v) is 4.55. The van der Waals surface area contributed by atoms with Crippen LogP contribution in [0.25, 0.3) is 0 Å². The van der Waals surface area contributed by atoms with Gasteiger partial charge < -0.3 is 4.74 Å². The molecule has 2 atom stereocenters. The van der Waals surface area contributed by atoms with E-state index in [4.69, 9.17) is 4.74 Å². The van der Waals surface area contributed by atoms with Crippen LogP contribution in [0.5, 0.6) is 0 Å². The summed E-state index contributed by atoms with van der Waals surface area (Å²) < 4.78 is 31.9. The van der Waals surface area contributed by atoms with Crippen molar-refractivity contribution < 1.29 is 17.9 Å². The van der Waals surface area contributed by atoms with Crippen LogP contribution in [0.15, 0.2) is 35.2 Å². The smallest absolute Gasteiger partial charge is 0.324 e. The molecule has 0 aliphatic heterocycles. The molecule has 0 saturated heterocycles. The zero-order valence-corrected chi connectivity index (χ0v) is 12.8. The Hall–Kier alpha value is -1.40. The van der Waals surface area contributed by atoms with Crippen molar-refractivity contribution >= 4 is 16.0 Å². The minimum Gasteiger partial charge on any atom is -0.465 e. The normalized spacial score (nSPS) is 14.6. The fraction of sp³-hybridized carbons (Fsp3) is 0.500. The van der Waals surface area contributed by atoms with Gasteiger partial charge in [0.05, 0.1) is 11.5 Å². The predicted molar refractivity (Wildman–Crippen MR) is 76.6 cm³/mol. The van der Waals surface area contributed by atoms with Gasteiger partial charge in [-0.25, -0.2) is 8.42 Å². The van der Waals surface area contributed by atoms with E-state index in [0.29, 0.717) is 6.42 Å². The van der Waals surface area contributed by atoms with Crippen molar-refractivity contribution in [2.24, 2.45) is 5.92 Å². The van der Waals surface area contributed by atoms with Crippen molar-refractivity contribution in [2.75, 3.05) is 6.61 Å². The van der Waals surface area contributed by atoms with Gasteiger partial charge in [-0.05, 0) is 25.0 Å². The average Bonchev–Trinajstić information content (AvgIpc) is 2.45. The van der Waals surface area contributed by atoms with Crippen LogP contribution in [0.4, 0.5) is 0 Å². The summed E-state index contributed by atoms with van der Waals surface area (Å²) in [4.78, 5) is 12.0. The van der Waals surface area contributed by atoms with E-state index < -0.39 is 22.0 Å². The first-order chi connectivity index (χ1) is 9.42. The van der Waals surface area contributed by atoms with Gasteiger partial charge in [0.25, 0.3) is 0 Å². The van der Waals surface area contributed by atoms with Gasteiger partial charge in [-0.15, -0.1) is 0 Å². The first kappa shape index (κ1) is 16.7. The molecule has 6 heteroatoms. The van der Waals surface area contributed by atoms with E-state index >= 15 is 0 Å². The number of benzene rings is 1. The van der Waals surface area contributed by atoms with E-state index in [1.165, 1.54) is 12.1 Å². The number of carbonyl (C=O) groups excluding carboxylic acids is 1. The van der Waals surface area contributed by atoms with E-state index in [0.717, 1.165) is 0 Å². The molecule has 1 rings (SSSR count). The van der Waals surface area contributed by atoms with Crippen LogP contribution in [-0.4, -0.2) is 27.0 Å². The molecule has 1 aromatic carbocycles. The zero-order valence-electron chi connectivity index (χ0n) is 12.0. The molecule has 0 saturated carbocycles. The molecule has 0 spiro atoms. The summed E-state index contributed by atoms with van der Waals surface area (Å²) in [5.74, 6) is -0.686. The highest BCUT2D eigenvalue weighted by molar-refractivity contribution is 7.89. The third-order valence-electron chi connectivity index (χ3n) is 3.09. The van der Waals surface area contributed by atoms with Crippen molar-refractivity contribution in [1.29, 1.82) is 0 Å². The van der Waals surface area contributed by atoms with Gasteiger partial charge in [0.15, 0.2) is 0 Å².